The average molecular weight is 204 g/mol. The summed E-state index contributed by atoms with van der Waals surface area (Å²) >= 11 is 0. The first-order chi connectivity index (χ1) is 7.24. The second-order valence-corrected chi connectivity index (χ2v) is 3.31. The Hall–Kier alpha value is -2.11. The molecule has 6 heteroatoms. The Bertz CT molecular complexity index is 416. The lowest BCUT2D eigenvalue weighted by molar-refractivity contribution is 0.881. The fraction of sp³-hybridized carbons (Fsp3) is 0.222. The Morgan fingerprint density at radius 3 is 2.93 bits per heavy atom. The second kappa shape index (κ2) is 3.95. The van der Waals surface area contributed by atoms with Crippen LogP contribution in [0.1, 0.15) is 11.4 Å². The predicted octanol–water partition coefficient (Wildman–Crippen LogP) is 0.702. The molecule has 1 heterocycles. The van der Waals surface area contributed by atoms with Crippen LogP contribution in [0, 0.1) is 6.92 Å². The van der Waals surface area contributed by atoms with Gasteiger partial charge in [-0.1, -0.05) is 5.21 Å². The van der Waals surface area contributed by atoms with Crippen LogP contribution in [-0.4, -0.2) is 20.6 Å². The zero-order valence-electron chi connectivity index (χ0n) is 8.36. The van der Waals surface area contributed by atoms with Gasteiger partial charge in [0.05, 0.1) is 6.54 Å². The van der Waals surface area contributed by atoms with Crippen molar-refractivity contribution in [3.05, 3.63) is 29.6 Å². The smallest absolute Gasteiger partial charge is 0.193 e. The van der Waals surface area contributed by atoms with Crippen molar-refractivity contribution in [3.63, 3.8) is 0 Å². The van der Waals surface area contributed by atoms with E-state index in [4.69, 9.17) is 5.73 Å². The van der Waals surface area contributed by atoms with Crippen molar-refractivity contribution in [2.45, 2.75) is 13.5 Å². The minimum Gasteiger partial charge on any atom is -0.399 e. The molecule has 0 aliphatic carbocycles. The van der Waals surface area contributed by atoms with Crippen LogP contribution in [0.15, 0.2) is 18.2 Å². The zero-order chi connectivity index (χ0) is 10.7. The van der Waals surface area contributed by atoms with Crippen molar-refractivity contribution in [1.82, 2.24) is 20.6 Å². The largest absolute Gasteiger partial charge is 0.399 e. The minimum absolute atomic E-state index is 0.527. The highest BCUT2D eigenvalue weighted by Gasteiger charge is 1.99. The summed E-state index contributed by atoms with van der Waals surface area (Å²) in [5, 5.41) is 16.7. The van der Waals surface area contributed by atoms with E-state index >= 15 is 0 Å². The van der Waals surface area contributed by atoms with Gasteiger partial charge in [-0.05, 0) is 30.7 Å². The zero-order valence-corrected chi connectivity index (χ0v) is 8.36. The van der Waals surface area contributed by atoms with E-state index in [2.05, 4.69) is 25.9 Å². The highest BCUT2D eigenvalue weighted by atomic mass is 15.5. The Morgan fingerprint density at radius 1 is 1.40 bits per heavy atom. The molecule has 0 saturated carbocycles. The summed E-state index contributed by atoms with van der Waals surface area (Å²) in [6.45, 7) is 2.52. The van der Waals surface area contributed by atoms with Gasteiger partial charge in [0.15, 0.2) is 5.82 Å². The number of anilines is 2. The van der Waals surface area contributed by atoms with Crippen LogP contribution in [0.25, 0.3) is 0 Å². The molecule has 2 aromatic rings. The molecule has 0 aliphatic heterocycles. The number of hydrogen-bond donors (Lipinski definition) is 3. The molecule has 78 valence electrons. The van der Waals surface area contributed by atoms with E-state index in [-0.39, 0.29) is 0 Å². The third kappa shape index (κ3) is 2.43. The first-order valence-corrected chi connectivity index (χ1v) is 4.57. The predicted molar refractivity (Wildman–Crippen MR) is 57.1 cm³/mol. The molecular formula is C9H12N6. The summed E-state index contributed by atoms with van der Waals surface area (Å²) in [7, 11) is 0. The molecule has 6 nitrogen and oxygen atoms in total. The van der Waals surface area contributed by atoms with Gasteiger partial charge in [-0.15, -0.1) is 10.2 Å². The van der Waals surface area contributed by atoms with E-state index in [1.807, 2.05) is 25.1 Å². The molecular weight excluding hydrogens is 192 g/mol. The first-order valence-electron chi connectivity index (χ1n) is 4.57. The number of H-pyrrole nitrogens is 1. The van der Waals surface area contributed by atoms with E-state index in [1.165, 1.54) is 0 Å². The van der Waals surface area contributed by atoms with E-state index in [9.17, 15) is 0 Å². The number of aryl methyl sites for hydroxylation is 1. The van der Waals surface area contributed by atoms with E-state index in [0.29, 0.717) is 12.4 Å². The third-order valence-electron chi connectivity index (χ3n) is 1.94. The molecule has 0 unspecified atom stereocenters. The number of aromatic amines is 1. The number of benzene rings is 1. The Labute approximate surface area is 86.9 Å². The standard InChI is InChI=1S/C9H12N6/c1-6-2-7(10)4-8(3-6)11-5-9-12-14-15-13-9/h2-4,11H,5,10H2,1H3,(H,12,13,14,15). The summed E-state index contributed by atoms with van der Waals surface area (Å²) < 4.78 is 0. The quantitative estimate of drug-likeness (QED) is 0.640. The molecule has 0 radical (unpaired) electrons. The number of nitrogens with one attached hydrogen (secondary N) is 2. The van der Waals surface area contributed by atoms with Crippen molar-refractivity contribution in [2.75, 3.05) is 11.1 Å². The van der Waals surface area contributed by atoms with Crippen LogP contribution in [0.5, 0.6) is 0 Å². The number of tetrazole rings is 1. The van der Waals surface area contributed by atoms with Crippen molar-refractivity contribution < 1.29 is 0 Å². The normalized spacial score (nSPS) is 10.2. The van der Waals surface area contributed by atoms with Gasteiger partial charge in [0.25, 0.3) is 0 Å². The molecule has 2 rings (SSSR count). The second-order valence-electron chi connectivity index (χ2n) is 3.31. The van der Waals surface area contributed by atoms with E-state index < -0.39 is 0 Å². The molecule has 0 spiro atoms. The first kappa shape index (κ1) is 9.45. The van der Waals surface area contributed by atoms with Gasteiger partial charge in [0.2, 0.25) is 0 Å². The number of nitrogen functional groups attached to an aromatic ring is 1. The lowest BCUT2D eigenvalue weighted by atomic mass is 10.2. The van der Waals surface area contributed by atoms with Gasteiger partial charge in [-0.2, -0.15) is 5.21 Å². The monoisotopic (exact) mass is 204 g/mol. The van der Waals surface area contributed by atoms with Crippen LogP contribution in [-0.2, 0) is 6.54 Å². The summed E-state index contributed by atoms with van der Waals surface area (Å²) in [5.41, 5.74) is 8.53. The molecule has 1 aromatic carbocycles. The molecule has 0 aliphatic rings. The molecule has 0 amide bonds. The fourth-order valence-corrected chi connectivity index (χ4v) is 1.35. The molecule has 0 bridgehead atoms. The molecule has 0 atom stereocenters. The maximum atomic E-state index is 5.72. The molecule has 15 heavy (non-hydrogen) atoms. The van der Waals surface area contributed by atoms with Gasteiger partial charge < -0.3 is 11.1 Å². The van der Waals surface area contributed by atoms with Crippen LogP contribution < -0.4 is 11.1 Å². The number of hydrogen-bond acceptors (Lipinski definition) is 5. The van der Waals surface area contributed by atoms with Crippen LogP contribution in [0.2, 0.25) is 0 Å². The van der Waals surface area contributed by atoms with Crippen molar-refractivity contribution in [2.24, 2.45) is 0 Å². The maximum absolute atomic E-state index is 5.72. The van der Waals surface area contributed by atoms with Gasteiger partial charge in [-0.25, -0.2) is 0 Å². The summed E-state index contributed by atoms with van der Waals surface area (Å²) in [4.78, 5) is 0. The summed E-state index contributed by atoms with van der Waals surface area (Å²) in [5.74, 6) is 0.620. The number of nitrogens with two attached hydrogens (primary N) is 1. The highest BCUT2D eigenvalue weighted by molar-refractivity contribution is 5.56. The Morgan fingerprint density at radius 2 is 2.27 bits per heavy atom. The van der Waals surface area contributed by atoms with Crippen LogP contribution in [0.4, 0.5) is 11.4 Å². The molecule has 0 fully saturated rings. The van der Waals surface area contributed by atoms with E-state index in [1.54, 1.807) is 0 Å². The number of rotatable bonds is 3. The molecule has 4 N–H and O–H groups in total. The third-order valence-corrected chi connectivity index (χ3v) is 1.94. The number of aromatic nitrogens is 4. The van der Waals surface area contributed by atoms with Gasteiger partial charge in [0, 0.05) is 11.4 Å². The van der Waals surface area contributed by atoms with Crippen molar-refractivity contribution in [3.8, 4) is 0 Å². The lowest BCUT2D eigenvalue weighted by Crippen LogP contribution is -2.02. The molecule has 0 saturated heterocycles. The van der Waals surface area contributed by atoms with Gasteiger partial charge in [0.1, 0.15) is 0 Å². The lowest BCUT2D eigenvalue weighted by Gasteiger charge is -2.05. The topological polar surface area (TPSA) is 92.5 Å². The van der Waals surface area contributed by atoms with Gasteiger partial charge in [-0.3, -0.25) is 0 Å². The van der Waals surface area contributed by atoms with Crippen molar-refractivity contribution in [1.29, 1.82) is 0 Å². The minimum atomic E-state index is 0.527. The Balaban J connectivity index is 2.05. The van der Waals surface area contributed by atoms with Gasteiger partial charge >= 0.3 is 0 Å². The van der Waals surface area contributed by atoms with Crippen molar-refractivity contribution >= 4 is 11.4 Å². The highest BCUT2D eigenvalue weighted by Crippen LogP contribution is 2.15. The summed E-state index contributed by atoms with van der Waals surface area (Å²) in [6, 6.07) is 5.79. The van der Waals surface area contributed by atoms with E-state index in [0.717, 1.165) is 16.9 Å². The number of nitrogens with zero attached hydrogens (tertiary/aromatic N) is 3. The van der Waals surface area contributed by atoms with Crippen LogP contribution in [0.3, 0.4) is 0 Å². The average Bonchev–Trinajstić information content (AvgIpc) is 2.65. The summed E-state index contributed by atoms with van der Waals surface area (Å²) in [6.07, 6.45) is 0. The molecule has 1 aromatic heterocycles. The SMILES string of the molecule is Cc1cc(N)cc(NCc2nn[nH]n2)c1. The van der Waals surface area contributed by atoms with Crippen LogP contribution >= 0.6 is 0 Å². The fourth-order valence-electron chi connectivity index (χ4n) is 1.35. The Kier molecular flexibility index (Phi) is 2.49. The maximum Gasteiger partial charge on any atom is 0.193 e.